The predicted molar refractivity (Wildman–Crippen MR) is 61.2 cm³/mol. The Morgan fingerprint density at radius 2 is 2.06 bits per heavy atom. The molecule has 0 saturated heterocycles. The van der Waals surface area contributed by atoms with Gasteiger partial charge in [0.15, 0.2) is 11.5 Å². The number of hydrogen-bond donors (Lipinski definition) is 3. The fourth-order valence-electron chi connectivity index (χ4n) is 1.36. The molecule has 92 valence electrons. The van der Waals surface area contributed by atoms with Crippen LogP contribution in [0.5, 0.6) is 0 Å². The van der Waals surface area contributed by atoms with E-state index < -0.39 is 11.9 Å². The lowest BCUT2D eigenvalue weighted by Crippen LogP contribution is -2.14. The highest BCUT2D eigenvalue weighted by molar-refractivity contribution is 5.91. The first-order valence-electron chi connectivity index (χ1n) is 4.84. The number of amides is 1. The van der Waals surface area contributed by atoms with Crippen LogP contribution in [0.15, 0.2) is 24.4 Å². The van der Waals surface area contributed by atoms with E-state index in [1.54, 1.807) is 12.1 Å². The van der Waals surface area contributed by atoms with Crippen molar-refractivity contribution in [2.24, 2.45) is 5.73 Å². The maximum Gasteiger partial charge on any atom is 0.358 e. The number of rotatable bonds is 3. The van der Waals surface area contributed by atoms with Crippen molar-refractivity contribution in [2.75, 3.05) is 5.73 Å². The molecular formula is C10H9N5O3. The van der Waals surface area contributed by atoms with E-state index in [2.05, 4.69) is 10.1 Å². The van der Waals surface area contributed by atoms with Gasteiger partial charge in [-0.1, -0.05) is 6.07 Å². The Hall–Kier alpha value is -2.90. The molecule has 0 bridgehead atoms. The highest BCUT2D eigenvalue weighted by Gasteiger charge is 2.15. The molecule has 8 nitrogen and oxygen atoms in total. The first kappa shape index (κ1) is 11.6. The van der Waals surface area contributed by atoms with Crippen molar-refractivity contribution in [3.8, 4) is 5.82 Å². The maximum absolute atomic E-state index is 11.0. The molecule has 2 aromatic rings. The zero-order valence-corrected chi connectivity index (χ0v) is 9.07. The lowest BCUT2D eigenvalue weighted by molar-refractivity contribution is 0.0691. The number of carbonyl (C=O) groups excluding carboxylic acids is 1. The number of aromatic nitrogens is 3. The normalized spacial score (nSPS) is 10.2. The van der Waals surface area contributed by atoms with E-state index >= 15 is 0 Å². The van der Waals surface area contributed by atoms with Crippen LogP contribution in [0, 0.1) is 0 Å². The molecule has 0 aliphatic carbocycles. The zero-order valence-electron chi connectivity index (χ0n) is 9.07. The minimum Gasteiger partial charge on any atom is -0.476 e. The Balaban J connectivity index is 2.49. The summed E-state index contributed by atoms with van der Waals surface area (Å²) in [5.41, 5.74) is 10.4. The number of nitrogens with zero attached hydrogens (tertiary/aromatic N) is 3. The fraction of sp³-hybridized carbons (Fsp3) is 0. The average molecular weight is 247 g/mol. The van der Waals surface area contributed by atoms with Gasteiger partial charge in [-0.3, -0.25) is 4.79 Å². The average Bonchev–Trinajstić information content (AvgIpc) is 2.71. The van der Waals surface area contributed by atoms with E-state index in [0.29, 0.717) is 0 Å². The smallest absolute Gasteiger partial charge is 0.358 e. The second-order valence-electron chi connectivity index (χ2n) is 3.43. The monoisotopic (exact) mass is 247 g/mol. The molecule has 2 heterocycles. The third-order valence-corrected chi connectivity index (χ3v) is 2.17. The van der Waals surface area contributed by atoms with E-state index in [9.17, 15) is 9.59 Å². The Labute approximate surface area is 101 Å². The number of nitrogens with two attached hydrogens (primary N) is 2. The molecule has 2 aromatic heterocycles. The second-order valence-corrected chi connectivity index (χ2v) is 3.43. The SMILES string of the molecule is NC(=O)c1cccc(-n2cc(N)c(C(=O)O)n2)n1. The minimum atomic E-state index is -1.24. The van der Waals surface area contributed by atoms with Crippen molar-refractivity contribution in [3.63, 3.8) is 0 Å². The van der Waals surface area contributed by atoms with E-state index in [1.807, 2.05) is 0 Å². The largest absolute Gasteiger partial charge is 0.476 e. The van der Waals surface area contributed by atoms with Gasteiger partial charge in [0, 0.05) is 0 Å². The van der Waals surface area contributed by atoms with Crippen LogP contribution in [0.2, 0.25) is 0 Å². The van der Waals surface area contributed by atoms with Crippen LogP contribution in [-0.4, -0.2) is 31.7 Å². The number of carbonyl (C=O) groups is 2. The molecule has 0 atom stereocenters. The molecule has 0 fully saturated rings. The molecule has 0 unspecified atom stereocenters. The van der Waals surface area contributed by atoms with Crippen molar-refractivity contribution in [3.05, 3.63) is 35.8 Å². The third kappa shape index (κ3) is 1.98. The number of hydrogen-bond acceptors (Lipinski definition) is 5. The van der Waals surface area contributed by atoms with E-state index in [4.69, 9.17) is 16.6 Å². The standard InChI is InChI=1S/C10H9N5O3/c11-5-4-15(14-8(5)10(17)18)7-3-1-2-6(13-7)9(12)16/h1-4H,11H2,(H2,12,16)(H,17,18). The van der Waals surface area contributed by atoms with E-state index in [1.165, 1.54) is 16.9 Å². The summed E-state index contributed by atoms with van der Waals surface area (Å²) in [6.07, 6.45) is 1.30. The number of pyridine rings is 1. The summed E-state index contributed by atoms with van der Waals surface area (Å²) < 4.78 is 1.17. The van der Waals surface area contributed by atoms with Gasteiger partial charge in [0.2, 0.25) is 0 Å². The third-order valence-electron chi connectivity index (χ3n) is 2.17. The molecule has 1 amide bonds. The number of nitrogen functional groups attached to an aromatic ring is 1. The Bertz CT molecular complexity index is 634. The van der Waals surface area contributed by atoms with Crippen molar-refractivity contribution in [2.45, 2.75) is 0 Å². The number of anilines is 1. The summed E-state index contributed by atoms with van der Waals surface area (Å²) >= 11 is 0. The van der Waals surface area contributed by atoms with Gasteiger partial charge in [0.25, 0.3) is 5.91 Å². The van der Waals surface area contributed by atoms with Crippen molar-refractivity contribution >= 4 is 17.6 Å². The van der Waals surface area contributed by atoms with Gasteiger partial charge in [-0.05, 0) is 12.1 Å². The maximum atomic E-state index is 11.0. The lowest BCUT2D eigenvalue weighted by Gasteiger charge is -2.01. The summed E-state index contributed by atoms with van der Waals surface area (Å²) in [5, 5.41) is 12.6. The molecule has 0 aromatic carbocycles. The van der Waals surface area contributed by atoms with Gasteiger partial charge in [0.05, 0.1) is 11.9 Å². The molecule has 0 radical (unpaired) electrons. The number of aromatic carboxylic acids is 1. The Morgan fingerprint density at radius 1 is 1.33 bits per heavy atom. The van der Waals surface area contributed by atoms with Crippen molar-refractivity contribution in [1.29, 1.82) is 0 Å². The van der Waals surface area contributed by atoms with Crippen LogP contribution in [0.1, 0.15) is 21.0 Å². The van der Waals surface area contributed by atoms with E-state index in [-0.39, 0.29) is 22.9 Å². The summed E-state index contributed by atoms with van der Waals surface area (Å²) in [6.45, 7) is 0. The predicted octanol–water partition coefficient (Wildman–Crippen LogP) is -0.353. The molecule has 2 rings (SSSR count). The van der Waals surface area contributed by atoms with Crippen LogP contribution >= 0.6 is 0 Å². The topological polar surface area (TPSA) is 137 Å². The van der Waals surface area contributed by atoms with Gasteiger partial charge in [0.1, 0.15) is 5.69 Å². The number of carboxylic acid groups (broad SMARTS) is 1. The molecule has 0 spiro atoms. The van der Waals surface area contributed by atoms with Crippen molar-refractivity contribution in [1.82, 2.24) is 14.8 Å². The van der Waals surface area contributed by atoms with Gasteiger partial charge in [-0.15, -0.1) is 0 Å². The molecule has 0 saturated carbocycles. The summed E-state index contributed by atoms with van der Waals surface area (Å²) in [6, 6.07) is 4.54. The Kier molecular flexibility index (Phi) is 2.68. The van der Waals surface area contributed by atoms with Crippen LogP contribution < -0.4 is 11.5 Å². The first-order valence-corrected chi connectivity index (χ1v) is 4.84. The first-order chi connectivity index (χ1) is 8.49. The Morgan fingerprint density at radius 3 is 2.61 bits per heavy atom. The van der Waals surface area contributed by atoms with Crippen LogP contribution in [0.25, 0.3) is 5.82 Å². The lowest BCUT2D eigenvalue weighted by atomic mass is 10.3. The van der Waals surface area contributed by atoms with Crippen molar-refractivity contribution < 1.29 is 14.7 Å². The second kappa shape index (κ2) is 4.17. The van der Waals surface area contributed by atoms with Gasteiger partial charge in [-0.25, -0.2) is 14.5 Å². The van der Waals surface area contributed by atoms with E-state index in [0.717, 1.165) is 0 Å². The van der Waals surface area contributed by atoms with Crippen LogP contribution in [0.3, 0.4) is 0 Å². The molecule has 8 heteroatoms. The summed E-state index contributed by atoms with van der Waals surface area (Å²) in [4.78, 5) is 25.7. The van der Waals surface area contributed by atoms with Crippen LogP contribution in [-0.2, 0) is 0 Å². The zero-order chi connectivity index (χ0) is 13.3. The van der Waals surface area contributed by atoms with Gasteiger partial charge >= 0.3 is 5.97 Å². The minimum absolute atomic E-state index is 0.00813. The summed E-state index contributed by atoms with van der Waals surface area (Å²) in [5.74, 6) is -1.67. The highest BCUT2D eigenvalue weighted by Crippen LogP contribution is 2.13. The summed E-state index contributed by atoms with van der Waals surface area (Å²) in [7, 11) is 0. The fourth-order valence-corrected chi connectivity index (χ4v) is 1.36. The number of primary amides is 1. The molecule has 0 aliphatic rings. The number of carboxylic acids is 1. The highest BCUT2D eigenvalue weighted by atomic mass is 16.4. The molecule has 0 aliphatic heterocycles. The van der Waals surface area contributed by atoms with Gasteiger partial charge in [-0.2, -0.15) is 5.10 Å². The molecule has 5 N–H and O–H groups in total. The quantitative estimate of drug-likeness (QED) is 0.677. The molecular weight excluding hydrogens is 238 g/mol. The van der Waals surface area contributed by atoms with Crippen LogP contribution in [0.4, 0.5) is 5.69 Å². The molecule has 18 heavy (non-hydrogen) atoms. The van der Waals surface area contributed by atoms with Gasteiger partial charge < -0.3 is 16.6 Å².